The van der Waals surface area contributed by atoms with Gasteiger partial charge in [-0.15, -0.1) is 0 Å². The second kappa shape index (κ2) is 3.07. The van der Waals surface area contributed by atoms with Gasteiger partial charge in [0, 0.05) is 13.0 Å². The minimum Gasteiger partial charge on any atom is -0.351 e. The van der Waals surface area contributed by atoms with Crippen molar-refractivity contribution in [2.75, 3.05) is 0 Å². The van der Waals surface area contributed by atoms with Crippen molar-refractivity contribution < 1.29 is 9.59 Å². The summed E-state index contributed by atoms with van der Waals surface area (Å²) >= 11 is 0. The Balaban J connectivity index is 3.93. The van der Waals surface area contributed by atoms with Crippen molar-refractivity contribution in [2.45, 2.75) is 26.1 Å². The zero-order valence-electron chi connectivity index (χ0n) is 6.60. The SMILES string of the molecule is CC(=O)C(=O)C[Si](C)(C)N. The lowest BCUT2D eigenvalue weighted by Crippen LogP contribution is -2.41. The zero-order valence-corrected chi connectivity index (χ0v) is 7.60. The maximum Gasteiger partial charge on any atom is 0.196 e. The Morgan fingerprint density at radius 3 is 1.90 bits per heavy atom. The fourth-order valence-corrected chi connectivity index (χ4v) is 1.61. The molecule has 0 aromatic heterocycles. The average Bonchev–Trinajstić information content (AvgIpc) is 1.60. The van der Waals surface area contributed by atoms with Crippen LogP contribution < -0.4 is 5.40 Å². The van der Waals surface area contributed by atoms with Crippen molar-refractivity contribution in [2.24, 2.45) is 5.40 Å². The summed E-state index contributed by atoms with van der Waals surface area (Å²) < 4.78 is 0. The summed E-state index contributed by atoms with van der Waals surface area (Å²) in [5.41, 5.74) is 0. The molecule has 0 amide bonds. The van der Waals surface area contributed by atoms with Crippen LogP contribution in [0.1, 0.15) is 6.92 Å². The van der Waals surface area contributed by atoms with Crippen LogP contribution in [0.4, 0.5) is 0 Å². The first kappa shape index (κ1) is 9.52. The Bertz CT molecular complexity index is 160. The van der Waals surface area contributed by atoms with Gasteiger partial charge in [0.05, 0.1) is 0 Å². The van der Waals surface area contributed by atoms with Crippen LogP contribution in [0.5, 0.6) is 0 Å². The monoisotopic (exact) mass is 159 g/mol. The third-order valence-corrected chi connectivity index (χ3v) is 2.24. The molecule has 0 saturated heterocycles. The minimum absolute atomic E-state index is 0.266. The Kier molecular flexibility index (Phi) is 2.92. The van der Waals surface area contributed by atoms with Crippen LogP contribution in [0.2, 0.25) is 19.1 Å². The molecule has 0 aromatic rings. The molecule has 0 fully saturated rings. The van der Waals surface area contributed by atoms with Gasteiger partial charge in [0.25, 0.3) is 0 Å². The highest BCUT2D eigenvalue weighted by molar-refractivity contribution is 6.79. The second-order valence-corrected chi connectivity index (χ2v) is 7.48. The van der Waals surface area contributed by atoms with Crippen LogP contribution in [0, 0.1) is 0 Å². The highest BCUT2D eigenvalue weighted by Gasteiger charge is 2.21. The largest absolute Gasteiger partial charge is 0.351 e. The molecule has 0 spiro atoms. The van der Waals surface area contributed by atoms with Gasteiger partial charge in [0.1, 0.15) is 8.24 Å². The van der Waals surface area contributed by atoms with Gasteiger partial charge in [-0.2, -0.15) is 0 Å². The molecule has 0 aromatic carbocycles. The van der Waals surface area contributed by atoms with Crippen LogP contribution >= 0.6 is 0 Å². The van der Waals surface area contributed by atoms with Crippen LogP contribution in [-0.2, 0) is 9.59 Å². The number of hydrogen-bond donors (Lipinski definition) is 1. The van der Waals surface area contributed by atoms with E-state index in [0.717, 1.165) is 0 Å². The molecule has 0 bridgehead atoms. The fraction of sp³-hybridized carbons (Fsp3) is 0.667. The van der Waals surface area contributed by atoms with Crippen molar-refractivity contribution >= 4 is 19.8 Å². The van der Waals surface area contributed by atoms with Crippen LogP contribution in [0.15, 0.2) is 0 Å². The number of carbonyl (C=O) groups excluding carboxylic acids is 2. The molecule has 0 unspecified atom stereocenters. The predicted octanol–water partition coefficient (Wildman–Crippen LogP) is 0.308. The van der Waals surface area contributed by atoms with E-state index in [-0.39, 0.29) is 17.6 Å². The molecule has 0 atom stereocenters. The zero-order chi connectivity index (χ0) is 8.36. The first-order valence-corrected chi connectivity index (χ1v) is 6.44. The van der Waals surface area contributed by atoms with E-state index in [2.05, 4.69) is 0 Å². The summed E-state index contributed by atoms with van der Waals surface area (Å²) in [6.45, 7) is 4.99. The molecule has 0 rings (SSSR count). The van der Waals surface area contributed by atoms with Gasteiger partial charge in [0.2, 0.25) is 0 Å². The first-order chi connectivity index (χ1) is 4.33. The summed E-state index contributed by atoms with van der Waals surface area (Å²) in [5, 5.41) is 5.64. The molecule has 0 aliphatic carbocycles. The number of rotatable bonds is 3. The molecule has 0 radical (unpaired) electrons. The molecule has 58 valence electrons. The third kappa shape index (κ3) is 4.40. The van der Waals surface area contributed by atoms with E-state index in [1.807, 2.05) is 13.1 Å². The molecule has 0 aliphatic heterocycles. The second-order valence-electron chi connectivity index (χ2n) is 3.14. The smallest absolute Gasteiger partial charge is 0.196 e. The van der Waals surface area contributed by atoms with E-state index in [9.17, 15) is 9.59 Å². The molecule has 2 N–H and O–H groups in total. The Labute approximate surface area is 61.7 Å². The van der Waals surface area contributed by atoms with Crippen molar-refractivity contribution in [3.63, 3.8) is 0 Å². The average molecular weight is 159 g/mol. The topological polar surface area (TPSA) is 60.2 Å². The summed E-state index contributed by atoms with van der Waals surface area (Å²) in [7, 11) is -1.85. The summed E-state index contributed by atoms with van der Waals surface area (Å²) in [4.78, 5) is 21.2. The molecule has 3 nitrogen and oxygen atoms in total. The van der Waals surface area contributed by atoms with Crippen molar-refractivity contribution in [3.8, 4) is 0 Å². The molecule has 0 aliphatic rings. The molecule has 0 saturated carbocycles. The van der Waals surface area contributed by atoms with Crippen molar-refractivity contribution in [3.05, 3.63) is 0 Å². The quantitative estimate of drug-likeness (QED) is 0.476. The minimum atomic E-state index is -1.85. The van der Waals surface area contributed by atoms with Crippen LogP contribution in [0.25, 0.3) is 0 Å². The van der Waals surface area contributed by atoms with Crippen LogP contribution in [-0.4, -0.2) is 19.8 Å². The van der Waals surface area contributed by atoms with Gasteiger partial charge >= 0.3 is 0 Å². The summed E-state index contributed by atoms with van der Waals surface area (Å²) in [5.74, 6) is -0.717. The Morgan fingerprint density at radius 1 is 1.40 bits per heavy atom. The van der Waals surface area contributed by atoms with Gasteiger partial charge in [-0.1, -0.05) is 13.1 Å². The van der Waals surface area contributed by atoms with Gasteiger partial charge in [-0.05, 0) is 0 Å². The lowest BCUT2D eigenvalue weighted by Gasteiger charge is -2.11. The van der Waals surface area contributed by atoms with E-state index in [1.54, 1.807) is 0 Å². The standard InChI is InChI=1S/C6H13NO2Si/c1-5(8)6(9)4-10(2,3)7/h4,7H2,1-3H3. The van der Waals surface area contributed by atoms with Crippen molar-refractivity contribution in [1.82, 2.24) is 0 Å². The third-order valence-electron chi connectivity index (χ3n) is 1.01. The van der Waals surface area contributed by atoms with E-state index in [0.29, 0.717) is 0 Å². The summed E-state index contributed by atoms with van der Waals surface area (Å²) in [6, 6.07) is 0.266. The number of Topliss-reactive ketones (excluding diaryl/α,β-unsaturated/α-hetero) is 2. The van der Waals surface area contributed by atoms with E-state index in [4.69, 9.17) is 5.40 Å². The molecular formula is C6H13NO2Si. The van der Waals surface area contributed by atoms with Gasteiger partial charge in [-0.3, -0.25) is 9.59 Å². The Morgan fingerprint density at radius 2 is 1.80 bits per heavy atom. The fourth-order valence-electron chi connectivity index (χ4n) is 0.538. The van der Waals surface area contributed by atoms with Crippen LogP contribution in [0.3, 0.4) is 0 Å². The van der Waals surface area contributed by atoms with E-state index >= 15 is 0 Å². The maximum atomic E-state index is 10.8. The normalized spacial score (nSPS) is 11.2. The predicted molar refractivity (Wildman–Crippen MR) is 42.2 cm³/mol. The first-order valence-electron chi connectivity index (χ1n) is 3.15. The molecule has 0 heterocycles. The van der Waals surface area contributed by atoms with Gasteiger partial charge in [-0.25, -0.2) is 0 Å². The lowest BCUT2D eigenvalue weighted by molar-refractivity contribution is -0.134. The number of nitrogens with two attached hydrogens (primary N) is 1. The number of hydrogen-bond acceptors (Lipinski definition) is 3. The van der Waals surface area contributed by atoms with Gasteiger partial charge in [0.15, 0.2) is 11.6 Å². The Hall–Kier alpha value is -0.483. The molecular weight excluding hydrogens is 146 g/mol. The number of carbonyl (C=O) groups is 2. The van der Waals surface area contributed by atoms with E-state index < -0.39 is 8.24 Å². The highest BCUT2D eigenvalue weighted by Crippen LogP contribution is 2.01. The highest BCUT2D eigenvalue weighted by atomic mass is 28.3. The maximum absolute atomic E-state index is 10.8. The van der Waals surface area contributed by atoms with Crippen molar-refractivity contribution in [1.29, 1.82) is 0 Å². The lowest BCUT2D eigenvalue weighted by atomic mass is 10.3. The summed E-state index contributed by atoms with van der Waals surface area (Å²) in [6.07, 6.45) is 0. The number of ketones is 2. The molecule has 10 heavy (non-hydrogen) atoms. The van der Waals surface area contributed by atoms with Gasteiger partial charge < -0.3 is 5.40 Å². The molecule has 4 heteroatoms. The van der Waals surface area contributed by atoms with E-state index in [1.165, 1.54) is 6.92 Å².